The van der Waals surface area contributed by atoms with Crippen molar-refractivity contribution < 1.29 is 51.4 Å². The summed E-state index contributed by atoms with van der Waals surface area (Å²) in [5.41, 5.74) is -1.38. The number of nitrogens with zero attached hydrogens (tertiary/aromatic N) is 2. The highest BCUT2D eigenvalue weighted by atomic mass is 35.5. The Kier molecular flexibility index (Phi) is 15.8. The SMILES string of the molecule is COc1ccc(C(OC[C@H]2O[C@@H](n3cc(C)c(=O)[nH]c3=O)C[C@@H]2OP(=O)(OC[C@H]2O[C@@H](n3cc(C)c(=O)[nH]c3=O)C[C@@H]2OC(=O)c2ccccc2)Oc2ccccc2Cl)(c2ccccc2)c2ccc(OC)cc2)cc1. The number of phosphoric acid groups is 1. The Hall–Kier alpha value is -7.35. The number of aromatic nitrogens is 4. The van der Waals surface area contributed by atoms with Crippen LogP contribution < -0.4 is 36.5 Å². The maximum absolute atomic E-state index is 15.6. The molecule has 0 spiro atoms. The minimum Gasteiger partial charge on any atom is -0.497 e. The molecule has 2 aliphatic rings. The molecule has 2 aromatic heterocycles. The van der Waals surface area contributed by atoms with Crippen LogP contribution in [-0.2, 0) is 38.2 Å². The Bertz CT molecular complexity index is 3380. The monoisotopic (exact) mass is 1060 g/mol. The number of H-pyrrole nitrogens is 2. The topological polar surface area (TPSA) is 227 Å². The van der Waals surface area contributed by atoms with Crippen molar-refractivity contribution in [3.63, 3.8) is 0 Å². The Morgan fingerprint density at radius 2 is 1.13 bits per heavy atom. The first-order valence-corrected chi connectivity index (χ1v) is 25.6. The van der Waals surface area contributed by atoms with E-state index in [0.29, 0.717) is 28.2 Å². The number of esters is 1. The first-order chi connectivity index (χ1) is 36.2. The van der Waals surface area contributed by atoms with Crippen molar-refractivity contribution in [2.24, 2.45) is 0 Å². The Morgan fingerprint density at radius 3 is 1.67 bits per heavy atom. The summed E-state index contributed by atoms with van der Waals surface area (Å²) in [6.07, 6.45) is -4.58. The van der Waals surface area contributed by atoms with Gasteiger partial charge in [-0.05, 0) is 79.1 Å². The van der Waals surface area contributed by atoms with Crippen molar-refractivity contribution in [3.05, 3.63) is 226 Å². The predicted molar refractivity (Wildman–Crippen MR) is 274 cm³/mol. The third kappa shape index (κ3) is 11.5. The van der Waals surface area contributed by atoms with Gasteiger partial charge in [-0.1, -0.05) is 96.5 Å². The fourth-order valence-electron chi connectivity index (χ4n) is 8.99. The van der Waals surface area contributed by atoms with E-state index in [1.165, 1.54) is 42.9 Å². The van der Waals surface area contributed by atoms with Crippen LogP contribution in [-0.4, -0.2) is 76.9 Å². The second-order valence-electron chi connectivity index (χ2n) is 17.7. The third-order valence-corrected chi connectivity index (χ3v) is 14.6. The van der Waals surface area contributed by atoms with Gasteiger partial charge in [0, 0.05) is 36.4 Å². The zero-order valence-electron chi connectivity index (χ0n) is 41.0. The van der Waals surface area contributed by atoms with Gasteiger partial charge in [0.2, 0.25) is 0 Å². The molecule has 5 aromatic carbocycles. The van der Waals surface area contributed by atoms with E-state index in [9.17, 15) is 24.0 Å². The van der Waals surface area contributed by atoms with E-state index < -0.39 is 85.4 Å². The molecule has 0 aliphatic carbocycles. The molecule has 7 aromatic rings. The molecule has 0 bridgehead atoms. The van der Waals surface area contributed by atoms with Crippen LogP contribution in [0.2, 0.25) is 5.02 Å². The molecule has 0 saturated carbocycles. The molecule has 1 unspecified atom stereocenters. The average Bonchev–Trinajstić information content (AvgIpc) is 4.02. The fraction of sp³-hybridized carbons (Fsp3) is 0.278. The Labute approximate surface area is 434 Å². The molecule has 0 radical (unpaired) electrons. The third-order valence-electron chi connectivity index (χ3n) is 12.9. The van der Waals surface area contributed by atoms with Gasteiger partial charge in [0.05, 0.1) is 38.0 Å². The van der Waals surface area contributed by atoms with Crippen molar-refractivity contribution in [1.29, 1.82) is 0 Å². The molecule has 21 heteroatoms. The number of para-hydroxylation sites is 1. The van der Waals surface area contributed by atoms with E-state index >= 15 is 4.57 Å². The van der Waals surface area contributed by atoms with Gasteiger partial charge in [0.25, 0.3) is 11.1 Å². The normalized spacial score (nSPS) is 20.3. The number of rotatable bonds is 19. The van der Waals surface area contributed by atoms with Gasteiger partial charge in [-0.2, -0.15) is 0 Å². The average molecular weight is 1060 g/mol. The van der Waals surface area contributed by atoms with E-state index in [0.717, 1.165) is 4.57 Å². The van der Waals surface area contributed by atoms with E-state index in [4.69, 9.17) is 53.6 Å². The number of carbonyl (C=O) groups is 1. The molecule has 0 amide bonds. The predicted octanol–water partition coefficient (Wildman–Crippen LogP) is 7.77. The second kappa shape index (κ2) is 22.6. The summed E-state index contributed by atoms with van der Waals surface area (Å²) in [6.45, 7) is 2.13. The van der Waals surface area contributed by atoms with E-state index in [1.807, 2.05) is 78.9 Å². The van der Waals surface area contributed by atoms with Gasteiger partial charge < -0.3 is 32.9 Å². The Morgan fingerprint density at radius 1 is 0.653 bits per heavy atom. The van der Waals surface area contributed by atoms with Gasteiger partial charge in [0.15, 0.2) is 0 Å². The van der Waals surface area contributed by atoms with Gasteiger partial charge in [-0.15, -0.1) is 0 Å². The summed E-state index contributed by atoms with van der Waals surface area (Å²) in [6, 6.07) is 38.6. The summed E-state index contributed by atoms with van der Waals surface area (Å²) in [5, 5.41) is 0.0481. The molecule has 9 rings (SSSR count). The second-order valence-corrected chi connectivity index (χ2v) is 19.7. The summed E-state index contributed by atoms with van der Waals surface area (Å²) in [7, 11) is -1.85. The van der Waals surface area contributed by atoms with Gasteiger partial charge in [-0.25, -0.2) is 18.9 Å². The van der Waals surface area contributed by atoms with Crippen LogP contribution in [0.1, 0.15) is 63.5 Å². The number of carbonyl (C=O) groups excluding carboxylic acids is 1. The highest BCUT2D eigenvalue weighted by Crippen LogP contribution is 2.55. The lowest BCUT2D eigenvalue weighted by Crippen LogP contribution is -2.39. The number of benzene rings is 5. The zero-order chi connectivity index (χ0) is 52.9. The number of ether oxygens (including phenoxy) is 6. The standard InChI is InChI=1S/C54H52ClN4O15P/c1-33-29-58(52(63)56-49(33)60)47-27-43(72-51(62)35-13-7-5-8-14-35)46(71-47)32-69-75(65,73-42-18-12-11-17-41(42)55)74-44-28-48(59-30-34(2)50(61)57-53(59)64)70-45(44)31-68-54(36-15-9-6-10-16-36,37-19-23-39(66-3)24-20-37)38-21-25-40(67-4)26-22-38/h5-26,29-30,43-48H,27-28,31-32H2,1-4H3,(H,56,60,63)(H,57,61,64)/t43-,44-,45+,46+,47+,48+,75?/m0/s1. The molecular weight excluding hydrogens is 1010 g/mol. The van der Waals surface area contributed by atoms with Crippen LogP contribution in [0.4, 0.5) is 0 Å². The van der Waals surface area contributed by atoms with Crippen molar-refractivity contribution in [2.75, 3.05) is 27.4 Å². The van der Waals surface area contributed by atoms with Crippen LogP contribution in [0.3, 0.4) is 0 Å². The smallest absolute Gasteiger partial charge is 0.497 e. The van der Waals surface area contributed by atoms with Crippen molar-refractivity contribution in [1.82, 2.24) is 19.1 Å². The number of aromatic amines is 2. The molecule has 2 fully saturated rings. The van der Waals surface area contributed by atoms with Gasteiger partial charge in [-0.3, -0.25) is 37.7 Å². The first kappa shape index (κ1) is 52.5. The lowest BCUT2D eigenvalue weighted by molar-refractivity contribution is -0.0950. The van der Waals surface area contributed by atoms with Crippen LogP contribution in [0.5, 0.6) is 17.2 Å². The van der Waals surface area contributed by atoms with E-state index in [-0.39, 0.29) is 46.9 Å². The molecule has 2 N–H and O–H groups in total. The highest BCUT2D eigenvalue weighted by Gasteiger charge is 2.48. The summed E-state index contributed by atoms with van der Waals surface area (Å²) < 4.78 is 74.1. The minimum atomic E-state index is -4.98. The maximum Gasteiger partial charge on any atom is 0.530 e. The summed E-state index contributed by atoms with van der Waals surface area (Å²) in [4.78, 5) is 69.7. The number of nitrogens with one attached hydrogen (secondary N) is 2. The van der Waals surface area contributed by atoms with Crippen molar-refractivity contribution in [2.45, 2.75) is 69.2 Å². The number of aryl methyl sites for hydroxylation is 2. The lowest BCUT2D eigenvalue weighted by atomic mass is 9.80. The lowest BCUT2D eigenvalue weighted by Gasteiger charge is -2.37. The number of phosphoric ester groups is 1. The van der Waals surface area contributed by atoms with Crippen LogP contribution in [0.15, 0.2) is 165 Å². The summed E-state index contributed by atoms with van der Waals surface area (Å²) >= 11 is 6.60. The molecular formula is C54H52ClN4O15P. The van der Waals surface area contributed by atoms with Crippen LogP contribution in [0.25, 0.3) is 0 Å². The highest BCUT2D eigenvalue weighted by molar-refractivity contribution is 7.49. The molecule has 4 heterocycles. The summed E-state index contributed by atoms with van der Waals surface area (Å²) in [5.74, 6) is 0.392. The maximum atomic E-state index is 15.6. The fourth-order valence-corrected chi connectivity index (χ4v) is 10.7. The molecule has 390 valence electrons. The molecule has 2 aliphatic heterocycles. The van der Waals surface area contributed by atoms with Crippen molar-refractivity contribution in [3.8, 4) is 17.2 Å². The Balaban J connectivity index is 1.09. The number of halogens is 1. The quantitative estimate of drug-likeness (QED) is 0.0448. The number of hydrogen-bond donors (Lipinski definition) is 2. The van der Waals surface area contributed by atoms with Gasteiger partial charge in [0.1, 0.15) is 59.7 Å². The molecule has 75 heavy (non-hydrogen) atoms. The molecule has 7 atom stereocenters. The number of hydrogen-bond acceptors (Lipinski definition) is 15. The minimum absolute atomic E-state index is 0.0481. The molecule has 19 nitrogen and oxygen atoms in total. The van der Waals surface area contributed by atoms with Crippen LogP contribution >= 0.6 is 19.4 Å². The first-order valence-electron chi connectivity index (χ1n) is 23.7. The number of methoxy groups -OCH3 is 2. The van der Waals surface area contributed by atoms with E-state index in [2.05, 4.69) is 9.97 Å². The molecule has 2 saturated heterocycles. The van der Waals surface area contributed by atoms with Gasteiger partial charge >= 0.3 is 25.2 Å². The van der Waals surface area contributed by atoms with Crippen LogP contribution in [0, 0.1) is 13.8 Å². The van der Waals surface area contributed by atoms with Crippen molar-refractivity contribution >= 4 is 25.4 Å². The largest absolute Gasteiger partial charge is 0.530 e. The zero-order valence-corrected chi connectivity index (χ0v) is 42.6. The van der Waals surface area contributed by atoms with E-state index in [1.54, 1.807) is 56.7 Å².